The lowest BCUT2D eigenvalue weighted by atomic mass is 10.4. The minimum absolute atomic E-state index is 0.0545. The molecule has 0 unspecified atom stereocenters. The van der Waals surface area contributed by atoms with Crippen LogP contribution in [0, 0.1) is 5.41 Å². The van der Waals surface area contributed by atoms with Crippen LogP contribution in [0.25, 0.3) is 0 Å². The first-order valence-corrected chi connectivity index (χ1v) is 4.36. The highest BCUT2D eigenvalue weighted by atomic mass is 16.5. The molecule has 16 heavy (non-hydrogen) atoms. The Hall–Kier alpha value is -2.51. The van der Waals surface area contributed by atoms with Crippen molar-refractivity contribution >= 4 is 5.84 Å². The second kappa shape index (κ2) is 3.93. The molecule has 2 aromatic heterocycles. The Balaban J connectivity index is 2.21. The monoisotopic (exact) mass is 219 g/mol. The fraction of sp³-hybridized carbons (Fsp3) is 0.125. The Bertz CT molecular complexity index is 521. The predicted molar refractivity (Wildman–Crippen MR) is 54.1 cm³/mol. The molecule has 2 heterocycles. The summed E-state index contributed by atoms with van der Waals surface area (Å²) in [7, 11) is 1.71. The molecule has 0 atom stereocenters. The summed E-state index contributed by atoms with van der Waals surface area (Å²) >= 11 is 0. The molecular weight excluding hydrogens is 210 g/mol. The van der Waals surface area contributed by atoms with Gasteiger partial charge < -0.3 is 10.5 Å². The number of aryl methyl sites for hydroxylation is 1. The van der Waals surface area contributed by atoms with Gasteiger partial charge in [-0.1, -0.05) is 0 Å². The third-order valence-corrected chi connectivity index (χ3v) is 1.67. The van der Waals surface area contributed by atoms with Gasteiger partial charge in [-0.25, -0.2) is 4.98 Å². The summed E-state index contributed by atoms with van der Waals surface area (Å²) in [6, 6.07) is 1.71. The van der Waals surface area contributed by atoms with E-state index in [1.807, 2.05) is 0 Å². The molecule has 0 spiro atoms. The first kappa shape index (κ1) is 10.0. The van der Waals surface area contributed by atoms with Crippen LogP contribution in [0.1, 0.15) is 5.69 Å². The highest BCUT2D eigenvalue weighted by molar-refractivity contribution is 5.92. The molecule has 0 saturated carbocycles. The molecule has 0 amide bonds. The second-order valence-electron chi connectivity index (χ2n) is 2.94. The summed E-state index contributed by atoms with van der Waals surface area (Å²) in [6.07, 6.45) is 2.94. The minimum atomic E-state index is -0.152. The molecule has 0 saturated heterocycles. The molecule has 0 fully saturated rings. The summed E-state index contributed by atoms with van der Waals surface area (Å²) < 4.78 is 6.66. The number of nitrogens with zero attached hydrogens (tertiary/aromatic N) is 5. The lowest BCUT2D eigenvalue weighted by Gasteiger charge is -2.00. The Morgan fingerprint density at radius 3 is 2.88 bits per heavy atom. The Morgan fingerprint density at radius 1 is 1.44 bits per heavy atom. The molecule has 0 aromatic carbocycles. The number of nitrogens with two attached hydrogens (primary N) is 1. The van der Waals surface area contributed by atoms with Gasteiger partial charge in [0.15, 0.2) is 0 Å². The van der Waals surface area contributed by atoms with Crippen molar-refractivity contribution in [3.05, 3.63) is 24.3 Å². The van der Waals surface area contributed by atoms with Crippen molar-refractivity contribution in [1.29, 1.82) is 5.41 Å². The van der Waals surface area contributed by atoms with Gasteiger partial charge in [0.05, 0.1) is 0 Å². The highest BCUT2D eigenvalue weighted by Gasteiger charge is 2.06. The van der Waals surface area contributed by atoms with Crippen molar-refractivity contribution in [3.8, 4) is 12.0 Å². The fourth-order valence-corrected chi connectivity index (χ4v) is 0.988. The maximum atomic E-state index is 7.21. The number of rotatable bonds is 3. The number of amidine groups is 1. The van der Waals surface area contributed by atoms with Crippen molar-refractivity contribution in [3.63, 3.8) is 0 Å². The van der Waals surface area contributed by atoms with Crippen LogP contribution in [-0.2, 0) is 7.05 Å². The van der Waals surface area contributed by atoms with Gasteiger partial charge in [0.25, 0.3) is 0 Å². The van der Waals surface area contributed by atoms with Crippen LogP contribution in [0.3, 0.4) is 0 Å². The second-order valence-corrected chi connectivity index (χ2v) is 2.94. The molecule has 8 nitrogen and oxygen atoms in total. The number of nitrogen functional groups attached to an aromatic ring is 1. The molecule has 0 aliphatic carbocycles. The summed E-state index contributed by atoms with van der Waals surface area (Å²) in [5, 5.41) is 11.1. The van der Waals surface area contributed by atoms with E-state index in [9.17, 15) is 0 Å². The van der Waals surface area contributed by atoms with Crippen LogP contribution in [0.5, 0.6) is 12.0 Å². The van der Waals surface area contributed by atoms with Gasteiger partial charge in [-0.3, -0.25) is 10.1 Å². The van der Waals surface area contributed by atoms with E-state index in [2.05, 4.69) is 20.1 Å². The van der Waals surface area contributed by atoms with Gasteiger partial charge in [0.2, 0.25) is 0 Å². The van der Waals surface area contributed by atoms with Crippen LogP contribution in [0.15, 0.2) is 18.6 Å². The van der Waals surface area contributed by atoms with Gasteiger partial charge in [-0.15, -0.1) is 5.10 Å². The Labute approximate surface area is 90.6 Å². The van der Waals surface area contributed by atoms with Crippen LogP contribution in [0.2, 0.25) is 0 Å². The van der Waals surface area contributed by atoms with Crippen molar-refractivity contribution in [2.24, 2.45) is 12.8 Å². The third-order valence-electron chi connectivity index (χ3n) is 1.67. The third kappa shape index (κ3) is 2.11. The van der Waals surface area contributed by atoms with Gasteiger partial charge in [-0.05, 0) is 6.07 Å². The van der Waals surface area contributed by atoms with E-state index in [1.165, 1.54) is 23.3 Å². The van der Waals surface area contributed by atoms with E-state index in [1.54, 1.807) is 7.05 Å². The molecule has 8 heteroatoms. The largest absolute Gasteiger partial charge is 0.387 e. The smallest absolute Gasteiger partial charge is 0.343 e. The first-order valence-electron chi connectivity index (χ1n) is 4.36. The lowest BCUT2D eigenvalue weighted by molar-refractivity contribution is 0.404. The number of nitrogens with one attached hydrogen (secondary N) is 1. The average Bonchev–Trinajstić information content (AvgIpc) is 2.64. The number of hydrogen-bond acceptors (Lipinski definition) is 6. The van der Waals surface area contributed by atoms with E-state index < -0.39 is 0 Å². The SMILES string of the molecule is Cn1cnc(Oc2nccc(C(=N)N)n2)n1. The zero-order chi connectivity index (χ0) is 11.5. The molecule has 2 rings (SSSR count). The van der Waals surface area contributed by atoms with Crippen molar-refractivity contribution in [1.82, 2.24) is 24.7 Å². The number of ether oxygens (including phenoxy) is 1. The lowest BCUT2D eigenvalue weighted by Crippen LogP contribution is -2.13. The highest BCUT2D eigenvalue weighted by Crippen LogP contribution is 2.10. The minimum Gasteiger partial charge on any atom is -0.387 e. The number of aromatic nitrogens is 5. The molecular formula is C8H9N7O. The Morgan fingerprint density at radius 2 is 2.25 bits per heavy atom. The first-order chi connectivity index (χ1) is 7.65. The van der Waals surface area contributed by atoms with E-state index in [0.717, 1.165) is 0 Å². The molecule has 0 aliphatic heterocycles. The van der Waals surface area contributed by atoms with Gasteiger partial charge in [0, 0.05) is 13.2 Å². The fourth-order valence-electron chi connectivity index (χ4n) is 0.988. The number of hydrogen-bond donors (Lipinski definition) is 2. The Kier molecular flexibility index (Phi) is 2.46. The average molecular weight is 219 g/mol. The van der Waals surface area contributed by atoms with E-state index in [4.69, 9.17) is 15.9 Å². The molecule has 0 bridgehead atoms. The van der Waals surface area contributed by atoms with Crippen molar-refractivity contribution in [2.45, 2.75) is 0 Å². The van der Waals surface area contributed by atoms with Crippen LogP contribution in [-0.4, -0.2) is 30.6 Å². The topological polar surface area (TPSA) is 116 Å². The van der Waals surface area contributed by atoms with E-state index in [-0.39, 0.29) is 17.9 Å². The maximum Gasteiger partial charge on any atom is 0.343 e. The molecule has 0 aliphatic rings. The van der Waals surface area contributed by atoms with Crippen LogP contribution in [0.4, 0.5) is 0 Å². The maximum absolute atomic E-state index is 7.21. The molecule has 82 valence electrons. The van der Waals surface area contributed by atoms with E-state index in [0.29, 0.717) is 5.69 Å². The van der Waals surface area contributed by atoms with Gasteiger partial charge >= 0.3 is 12.0 Å². The predicted octanol–water partition coefficient (Wildman–Crippen LogP) is -0.319. The van der Waals surface area contributed by atoms with Crippen molar-refractivity contribution in [2.75, 3.05) is 0 Å². The zero-order valence-electron chi connectivity index (χ0n) is 8.45. The quantitative estimate of drug-likeness (QED) is 0.540. The normalized spacial score (nSPS) is 10.1. The van der Waals surface area contributed by atoms with Crippen LogP contribution < -0.4 is 10.5 Å². The van der Waals surface area contributed by atoms with E-state index >= 15 is 0 Å². The molecule has 0 radical (unpaired) electrons. The zero-order valence-corrected chi connectivity index (χ0v) is 8.45. The standard InChI is InChI=1S/C8H9N7O/c1-15-4-12-8(14-15)16-7-11-3-2-5(13-7)6(9)10/h2-4H,1H3,(H3,9,10). The summed E-state index contributed by atoms with van der Waals surface area (Å²) in [5.41, 5.74) is 5.57. The van der Waals surface area contributed by atoms with Gasteiger partial charge in [-0.2, -0.15) is 9.97 Å². The van der Waals surface area contributed by atoms with Gasteiger partial charge in [0.1, 0.15) is 17.9 Å². The van der Waals surface area contributed by atoms with Crippen LogP contribution >= 0.6 is 0 Å². The summed E-state index contributed by atoms with van der Waals surface area (Å²) in [6.45, 7) is 0. The summed E-state index contributed by atoms with van der Waals surface area (Å²) in [4.78, 5) is 11.6. The molecule has 2 aromatic rings. The summed E-state index contributed by atoms with van der Waals surface area (Å²) in [5.74, 6) is -0.152. The molecule has 3 N–H and O–H groups in total. The van der Waals surface area contributed by atoms with Crippen molar-refractivity contribution < 1.29 is 4.74 Å².